The summed E-state index contributed by atoms with van der Waals surface area (Å²) in [6.45, 7) is 0. The van der Waals surface area contributed by atoms with Crippen molar-refractivity contribution in [2.24, 2.45) is 5.92 Å². The third kappa shape index (κ3) is 2.25. The topological polar surface area (TPSA) is 12.0 Å². The van der Waals surface area contributed by atoms with E-state index in [9.17, 15) is 0 Å². The van der Waals surface area contributed by atoms with Crippen LogP contribution >= 0.6 is 11.8 Å². The number of nitrogens with one attached hydrogen (secondary N) is 1. The molecule has 1 N–H and O–H groups in total. The SMILES string of the molecule is CNC(C1CCCC1)C1Cc2ccccc2S1. The zero-order valence-electron chi connectivity index (χ0n) is 10.5. The van der Waals surface area contributed by atoms with Crippen molar-refractivity contribution >= 4 is 11.8 Å². The quantitative estimate of drug-likeness (QED) is 0.877. The Morgan fingerprint density at radius 1 is 1.24 bits per heavy atom. The van der Waals surface area contributed by atoms with E-state index in [2.05, 4.69) is 48.4 Å². The summed E-state index contributed by atoms with van der Waals surface area (Å²) >= 11 is 2.09. The Labute approximate surface area is 108 Å². The lowest BCUT2D eigenvalue weighted by Crippen LogP contribution is -2.41. The molecule has 0 aromatic heterocycles. The van der Waals surface area contributed by atoms with Crippen LogP contribution in [0.25, 0.3) is 0 Å². The number of benzene rings is 1. The average Bonchev–Trinajstić information content (AvgIpc) is 2.98. The Bertz CT molecular complexity index is 359. The van der Waals surface area contributed by atoms with Crippen molar-refractivity contribution < 1.29 is 0 Å². The van der Waals surface area contributed by atoms with Gasteiger partial charge in [0.05, 0.1) is 0 Å². The number of hydrogen-bond donors (Lipinski definition) is 1. The van der Waals surface area contributed by atoms with Crippen LogP contribution < -0.4 is 5.32 Å². The predicted octanol–water partition coefficient (Wildman–Crippen LogP) is 3.48. The van der Waals surface area contributed by atoms with Crippen molar-refractivity contribution in [2.75, 3.05) is 7.05 Å². The summed E-state index contributed by atoms with van der Waals surface area (Å²) in [5.41, 5.74) is 1.56. The smallest absolute Gasteiger partial charge is 0.0291 e. The van der Waals surface area contributed by atoms with E-state index in [-0.39, 0.29) is 0 Å². The highest BCUT2D eigenvalue weighted by Crippen LogP contribution is 2.42. The fourth-order valence-electron chi connectivity index (χ4n) is 3.45. The second kappa shape index (κ2) is 5.03. The summed E-state index contributed by atoms with van der Waals surface area (Å²) < 4.78 is 0. The maximum absolute atomic E-state index is 3.60. The summed E-state index contributed by atoms with van der Waals surface area (Å²) in [4.78, 5) is 1.51. The fraction of sp³-hybridized carbons (Fsp3) is 0.600. The molecule has 2 aliphatic rings. The molecule has 1 saturated carbocycles. The molecule has 2 atom stereocenters. The molecule has 92 valence electrons. The van der Waals surface area contributed by atoms with Gasteiger partial charge >= 0.3 is 0 Å². The lowest BCUT2D eigenvalue weighted by atomic mass is 9.92. The van der Waals surface area contributed by atoms with Gasteiger partial charge in [-0.05, 0) is 43.9 Å². The molecule has 1 aliphatic carbocycles. The molecule has 1 aromatic carbocycles. The van der Waals surface area contributed by atoms with E-state index >= 15 is 0 Å². The first-order valence-corrected chi connectivity index (χ1v) is 7.68. The van der Waals surface area contributed by atoms with E-state index < -0.39 is 0 Å². The second-order valence-corrected chi connectivity index (χ2v) is 6.61. The average molecular weight is 247 g/mol. The first kappa shape index (κ1) is 11.6. The van der Waals surface area contributed by atoms with Crippen LogP contribution in [-0.2, 0) is 6.42 Å². The molecule has 0 bridgehead atoms. The fourth-order valence-corrected chi connectivity index (χ4v) is 5.00. The first-order chi connectivity index (χ1) is 8.38. The summed E-state index contributed by atoms with van der Waals surface area (Å²) in [5, 5.41) is 4.35. The molecule has 1 aromatic rings. The van der Waals surface area contributed by atoms with Crippen molar-refractivity contribution in [3.05, 3.63) is 29.8 Å². The van der Waals surface area contributed by atoms with Gasteiger partial charge in [0.1, 0.15) is 0 Å². The largest absolute Gasteiger partial charge is 0.316 e. The van der Waals surface area contributed by atoms with Gasteiger partial charge in [-0.2, -0.15) is 0 Å². The van der Waals surface area contributed by atoms with Gasteiger partial charge < -0.3 is 5.32 Å². The monoisotopic (exact) mass is 247 g/mol. The van der Waals surface area contributed by atoms with Gasteiger partial charge in [-0.1, -0.05) is 31.0 Å². The second-order valence-electron chi connectivity index (χ2n) is 5.33. The Morgan fingerprint density at radius 2 is 2.00 bits per heavy atom. The lowest BCUT2D eigenvalue weighted by Gasteiger charge is -2.28. The molecule has 2 heteroatoms. The van der Waals surface area contributed by atoms with Gasteiger partial charge in [-0.15, -0.1) is 11.8 Å². The van der Waals surface area contributed by atoms with E-state index in [0.29, 0.717) is 6.04 Å². The Kier molecular flexibility index (Phi) is 3.44. The van der Waals surface area contributed by atoms with Crippen LogP contribution in [0, 0.1) is 5.92 Å². The molecular formula is C15H21NS. The van der Waals surface area contributed by atoms with Gasteiger partial charge in [0.2, 0.25) is 0 Å². The molecule has 0 saturated heterocycles. The van der Waals surface area contributed by atoms with E-state index in [0.717, 1.165) is 11.2 Å². The van der Waals surface area contributed by atoms with Crippen LogP contribution in [0.15, 0.2) is 29.2 Å². The highest BCUT2D eigenvalue weighted by atomic mass is 32.2. The van der Waals surface area contributed by atoms with Crippen LogP contribution in [0.2, 0.25) is 0 Å². The Morgan fingerprint density at radius 3 is 2.71 bits per heavy atom. The van der Waals surface area contributed by atoms with E-state index in [1.165, 1.54) is 37.0 Å². The molecular weight excluding hydrogens is 226 g/mol. The highest BCUT2D eigenvalue weighted by molar-refractivity contribution is 8.00. The minimum Gasteiger partial charge on any atom is -0.316 e. The molecule has 0 amide bonds. The van der Waals surface area contributed by atoms with Crippen molar-refractivity contribution in [1.82, 2.24) is 5.32 Å². The highest BCUT2D eigenvalue weighted by Gasteiger charge is 2.34. The molecule has 2 unspecified atom stereocenters. The minimum absolute atomic E-state index is 0.704. The zero-order chi connectivity index (χ0) is 11.7. The summed E-state index contributed by atoms with van der Waals surface area (Å²) in [6.07, 6.45) is 6.99. The Balaban J connectivity index is 1.73. The number of fused-ring (bicyclic) bond motifs is 1. The maximum atomic E-state index is 3.60. The number of hydrogen-bond acceptors (Lipinski definition) is 2. The summed E-state index contributed by atoms with van der Waals surface area (Å²) in [6, 6.07) is 9.62. The van der Waals surface area contributed by atoms with Crippen molar-refractivity contribution in [2.45, 2.75) is 48.3 Å². The third-order valence-corrected chi connectivity index (χ3v) is 5.73. The van der Waals surface area contributed by atoms with E-state index in [1.54, 1.807) is 5.56 Å². The molecule has 1 heterocycles. The zero-order valence-corrected chi connectivity index (χ0v) is 11.3. The first-order valence-electron chi connectivity index (χ1n) is 6.80. The molecule has 1 fully saturated rings. The molecule has 1 aliphatic heterocycles. The molecule has 0 spiro atoms. The Hall–Kier alpha value is -0.470. The number of rotatable bonds is 3. The van der Waals surface area contributed by atoms with Crippen LogP contribution in [0.4, 0.5) is 0 Å². The molecule has 0 radical (unpaired) electrons. The van der Waals surface area contributed by atoms with Gasteiger partial charge in [0.25, 0.3) is 0 Å². The molecule has 17 heavy (non-hydrogen) atoms. The standard InChI is InChI=1S/C15H21NS/c1-16-15(11-6-2-3-7-11)14-10-12-8-4-5-9-13(12)17-14/h4-5,8-9,11,14-16H,2-3,6-7,10H2,1H3. The van der Waals surface area contributed by atoms with E-state index in [1.807, 2.05) is 0 Å². The van der Waals surface area contributed by atoms with Crippen molar-refractivity contribution in [3.63, 3.8) is 0 Å². The summed E-state index contributed by atoms with van der Waals surface area (Å²) in [5.74, 6) is 0.909. The van der Waals surface area contributed by atoms with Gasteiger partial charge in [0, 0.05) is 16.2 Å². The van der Waals surface area contributed by atoms with Gasteiger partial charge in [0.15, 0.2) is 0 Å². The normalized spacial score (nSPS) is 26.1. The number of thioether (sulfide) groups is 1. The van der Waals surface area contributed by atoms with Gasteiger partial charge in [-0.25, -0.2) is 0 Å². The lowest BCUT2D eigenvalue weighted by molar-refractivity contribution is 0.370. The minimum atomic E-state index is 0.704. The van der Waals surface area contributed by atoms with Crippen LogP contribution in [0.3, 0.4) is 0 Å². The van der Waals surface area contributed by atoms with Crippen molar-refractivity contribution in [1.29, 1.82) is 0 Å². The van der Waals surface area contributed by atoms with Gasteiger partial charge in [-0.3, -0.25) is 0 Å². The maximum Gasteiger partial charge on any atom is 0.0291 e. The van der Waals surface area contributed by atoms with Crippen LogP contribution in [0.5, 0.6) is 0 Å². The van der Waals surface area contributed by atoms with Crippen LogP contribution in [-0.4, -0.2) is 18.3 Å². The van der Waals surface area contributed by atoms with Crippen LogP contribution in [0.1, 0.15) is 31.2 Å². The third-order valence-electron chi connectivity index (χ3n) is 4.31. The molecule has 3 rings (SSSR count). The molecule has 1 nitrogen and oxygen atoms in total. The summed E-state index contributed by atoms with van der Waals surface area (Å²) in [7, 11) is 2.15. The van der Waals surface area contributed by atoms with E-state index in [4.69, 9.17) is 0 Å². The predicted molar refractivity (Wildman–Crippen MR) is 74.6 cm³/mol. The van der Waals surface area contributed by atoms with Crippen molar-refractivity contribution in [3.8, 4) is 0 Å².